The van der Waals surface area contributed by atoms with Crippen LogP contribution in [0.25, 0.3) is 10.9 Å². The molecule has 0 saturated heterocycles. The van der Waals surface area contributed by atoms with E-state index in [4.69, 9.17) is 9.15 Å². The van der Waals surface area contributed by atoms with Crippen LogP contribution in [0.2, 0.25) is 0 Å². The molecule has 0 atom stereocenters. The second-order valence-corrected chi connectivity index (χ2v) is 10.2. The van der Waals surface area contributed by atoms with Gasteiger partial charge < -0.3 is 13.7 Å². The molecule has 0 saturated carbocycles. The van der Waals surface area contributed by atoms with Gasteiger partial charge in [-0.25, -0.2) is 13.2 Å². The first-order valence-electron chi connectivity index (χ1n) is 11.4. The Kier molecular flexibility index (Phi) is 7.09. The summed E-state index contributed by atoms with van der Waals surface area (Å²) in [4.78, 5) is 30.3. The number of Topliss-reactive ketones (excluding diaryl/α,β-unsaturated/α-hetero) is 1. The van der Waals surface area contributed by atoms with Gasteiger partial charge in [0.2, 0.25) is 10.0 Å². The third-order valence-electron chi connectivity index (χ3n) is 6.19. The number of carbonyl (C=O) groups excluding carboxylic acids is 2. The second kappa shape index (κ2) is 10.1. The molecule has 3 aromatic heterocycles. The Labute approximate surface area is 209 Å². The second-order valence-electron chi connectivity index (χ2n) is 8.28. The van der Waals surface area contributed by atoms with E-state index in [-0.39, 0.29) is 17.1 Å². The van der Waals surface area contributed by atoms with E-state index in [2.05, 4.69) is 4.98 Å². The molecule has 36 heavy (non-hydrogen) atoms. The molecule has 0 amide bonds. The molecular weight excluding hydrogens is 482 g/mol. The van der Waals surface area contributed by atoms with Crippen molar-refractivity contribution in [3.05, 3.63) is 83.2 Å². The van der Waals surface area contributed by atoms with E-state index >= 15 is 0 Å². The fourth-order valence-corrected chi connectivity index (χ4v) is 6.05. The van der Waals surface area contributed by atoms with E-state index < -0.39 is 28.3 Å². The van der Waals surface area contributed by atoms with Crippen molar-refractivity contribution in [2.24, 2.45) is 0 Å². The SMILES string of the molecule is CCn1c(C)c(C(=O)CN(Cc2ccco2)S(=O)(=O)c2cccc3cccnc23)c(C)c1C(=O)OC. The van der Waals surface area contributed by atoms with Gasteiger partial charge in [0.15, 0.2) is 5.78 Å². The van der Waals surface area contributed by atoms with Crippen molar-refractivity contribution in [1.82, 2.24) is 13.9 Å². The van der Waals surface area contributed by atoms with E-state index in [0.29, 0.717) is 40.0 Å². The summed E-state index contributed by atoms with van der Waals surface area (Å²) in [7, 11) is -2.89. The molecule has 188 valence electrons. The van der Waals surface area contributed by atoms with Crippen LogP contribution in [0.1, 0.15) is 44.8 Å². The first-order chi connectivity index (χ1) is 17.2. The molecule has 0 aliphatic carbocycles. The van der Waals surface area contributed by atoms with Gasteiger partial charge in [0, 0.05) is 29.4 Å². The highest BCUT2D eigenvalue weighted by Crippen LogP contribution is 2.28. The Bertz CT molecular complexity index is 1530. The van der Waals surface area contributed by atoms with E-state index in [1.807, 2.05) is 6.92 Å². The minimum absolute atomic E-state index is 0.00484. The number of pyridine rings is 1. The summed E-state index contributed by atoms with van der Waals surface area (Å²) in [6, 6.07) is 11.7. The molecule has 1 aromatic carbocycles. The Hall–Kier alpha value is -3.76. The van der Waals surface area contributed by atoms with Crippen molar-refractivity contribution >= 4 is 32.7 Å². The van der Waals surface area contributed by atoms with Crippen molar-refractivity contribution in [2.75, 3.05) is 13.7 Å². The van der Waals surface area contributed by atoms with E-state index in [0.717, 1.165) is 4.31 Å². The van der Waals surface area contributed by atoms with Crippen molar-refractivity contribution in [2.45, 2.75) is 38.8 Å². The van der Waals surface area contributed by atoms with Crippen LogP contribution in [0.4, 0.5) is 0 Å². The molecule has 0 aliphatic rings. The summed E-state index contributed by atoms with van der Waals surface area (Å²) in [6.45, 7) is 5.09. The summed E-state index contributed by atoms with van der Waals surface area (Å²) in [5, 5.41) is 0.664. The molecule has 9 nitrogen and oxygen atoms in total. The van der Waals surface area contributed by atoms with Gasteiger partial charge in [0.1, 0.15) is 16.3 Å². The number of sulfonamides is 1. The number of ketones is 1. The largest absolute Gasteiger partial charge is 0.468 e. The lowest BCUT2D eigenvalue weighted by molar-refractivity contribution is 0.0587. The zero-order valence-corrected chi connectivity index (χ0v) is 21.3. The number of esters is 1. The number of ether oxygens (including phenoxy) is 1. The highest BCUT2D eigenvalue weighted by molar-refractivity contribution is 7.89. The molecule has 0 radical (unpaired) electrons. The standard InChI is InChI=1S/C26H27N3O6S/c1-5-29-18(3)23(17(2)25(29)26(31)34-4)21(30)16-28(15-20-11-8-14-35-20)36(32,33)22-12-6-9-19-10-7-13-27-24(19)22/h6-14H,5,15-16H2,1-4H3. The highest BCUT2D eigenvalue weighted by atomic mass is 32.2. The molecule has 4 rings (SSSR count). The summed E-state index contributed by atoms with van der Waals surface area (Å²) in [5.41, 5.74) is 1.91. The molecule has 4 aromatic rings. The maximum atomic E-state index is 13.9. The van der Waals surface area contributed by atoms with Crippen LogP contribution in [0.15, 0.2) is 64.2 Å². The molecule has 0 N–H and O–H groups in total. The lowest BCUT2D eigenvalue weighted by Crippen LogP contribution is -2.35. The third kappa shape index (κ3) is 4.45. The Balaban J connectivity index is 1.80. The molecule has 0 bridgehead atoms. The Morgan fingerprint density at radius 1 is 1.11 bits per heavy atom. The fraction of sp³-hybridized carbons (Fsp3) is 0.269. The number of methoxy groups -OCH3 is 1. The van der Waals surface area contributed by atoms with Crippen LogP contribution in [0.5, 0.6) is 0 Å². The molecule has 0 unspecified atom stereocenters. The van der Waals surface area contributed by atoms with Gasteiger partial charge >= 0.3 is 5.97 Å². The maximum absolute atomic E-state index is 13.9. The number of aromatic nitrogens is 2. The van der Waals surface area contributed by atoms with E-state index in [1.54, 1.807) is 54.8 Å². The van der Waals surface area contributed by atoms with E-state index in [1.165, 1.54) is 25.6 Å². The highest BCUT2D eigenvalue weighted by Gasteiger charge is 2.33. The lowest BCUT2D eigenvalue weighted by atomic mass is 10.1. The molecule has 0 fully saturated rings. The van der Waals surface area contributed by atoms with Gasteiger partial charge in [0.25, 0.3) is 0 Å². The van der Waals surface area contributed by atoms with Gasteiger partial charge in [-0.3, -0.25) is 9.78 Å². The number of para-hydroxylation sites is 1. The van der Waals surface area contributed by atoms with Crippen LogP contribution >= 0.6 is 0 Å². The fourth-order valence-electron chi connectivity index (χ4n) is 4.53. The number of benzene rings is 1. The first kappa shape index (κ1) is 25.3. The number of fused-ring (bicyclic) bond motifs is 1. The van der Waals surface area contributed by atoms with Crippen LogP contribution in [0.3, 0.4) is 0 Å². The summed E-state index contributed by atoms with van der Waals surface area (Å²) in [5.74, 6) is -0.613. The average molecular weight is 510 g/mol. The number of hydrogen-bond donors (Lipinski definition) is 0. The first-order valence-corrected chi connectivity index (χ1v) is 12.8. The monoisotopic (exact) mass is 509 g/mol. The molecule has 3 heterocycles. The van der Waals surface area contributed by atoms with E-state index in [9.17, 15) is 18.0 Å². The van der Waals surface area contributed by atoms with Gasteiger partial charge in [-0.2, -0.15) is 4.31 Å². The molecule has 0 aliphatic heterocycles. The van der Waals surface area contributed by atoms with Crippen molar-refractivity contribution in [1.29, 1.82) is 0 Å². The number of nitrogens with zero attached hydrogens (tertiary/aromatic N) is 3. The van der Waals surface area contributed by atoms with Gasteiger partial charge in [-0.15, -0.1) is 0 Å². The van der Waals surface area contributed by atoms with Gasteiger partial charge in [-0.05, 0) is 50.6 Å². The average Bonchev–Trinajstić information content (AvgIpc) is 3.47. The molecule has 0 spiro atoms. The van der Waals surface area contributed by atoms with Crippen molar-refractivity contribution in [3.8, 4) is 0 Å². The summed E-state index contributed by atoms with van der Waals surface area (Å²) >= 11 is 0. The van der Waals surface area contributed by atoms with Crippen molar-refractivity contribution < 1.29 is 27.2 Å². The smallest absolute Gasteiger partial charge is 0.354 e. The van der Waals surface area contributed by atoms with Crippen LogP contribution < -0.4 is 0 Å². The van der Waals surface area contributed by atoms with Gasteiger partial charge in [0.05, 0.1) is 32.0 Å². The number of furan rings is 1. The predicted molar refractivity (Wildman–Crippen MR) is 133 cm³/mol. The normalized spacial score (nSPS) is 11.8. The molecular formula is C26H27N3O6S. The topological polar surface area (TPSA) is 112 Å². The van der Waals surface area contributed by atoms with Gasteiger partial charge in [-0.1, -0.05) is 18.2 Å². The number of hydrogen-bond acceptors (Lipinski definition) is 7. The number of rotatable bonds is 9. The zero-order valence-electron chi connectivity index (χ0n) is 20.5. The predicted octanol–water partition coefficient (Wildman–Crippen LogP) is 4.13. The van der Waals surface area contributed by atoms with Crippen LogP contribution in [-0.2, 0) is 27.8 Å². The lowest BCUT2D eigenvalue weighted by Gasteiger charge is -2.21. The Morgan fingerprint density at radius 3 is 2.53 bits per heavy atom. The third-order valence-corrected chi connectivity index (χ3v) is 8.01. The number of carbonyl (C=O) groups is 2. The summed E-state index contributed by atoms with van der Waals surface area (Å²) < 4.78 is 40.9. The quantitative estimate of drug-likeness (QED) is 0.246. The summed E-state index contributed by atoms with van der Waals surface area (Å²) in [6.07, 6.45) is 2.97. The maximum Gasteiger partial charge on any atom is 0.354 e. The minimum Gasteiger partial charge on any atom is -0.468 e. The minimum atomic E-state index is -4.17. The molecule has 10 heteroatoms. The van der Waals surface area contributed by atoms with Crippen molar-refractivity contribution in [3.63, 3.8) is 0 Å². The Morgan fingerprint density at radius 2 is 1.86 bits per heavy atom. The zero-order chi connectivity index (χ0) is 26.0. The van der Waals surface area contributed by atoms with Crippen LogP contribution in [-0.4, -0.2) is 47.7 Å². The van der Waals surface area contributed by atoms with Crippen LogP contribution in [0, 0.1) is 13.8 Å².